The highest BCUT2D eigenvalue weighted by Crippen LogP contribution is 2.22. The van der Waals surface area contributed by atoms with E-state index in [9.17, 15) is 4.39 Å². The van der Waals surface area contributed by atoms with Crippen molar-refractivity contribution in [1.29, 1.82) is 0 Å². The minimum absolute atomic E-state index is 0.307. The molecular weight excluding hydrogens is 275 g/mol. The van der Waals surface area contributed by atoms with Crippen LogP contribution >= 0.6 is 15.9 Å². The highest BCUT2D eigenvalue weighted by atomic mass is 79.9. The Morgan fingerprint density at radius 2 is 2.31 bits per heavy atom. The number of aromatic amines is 1. The average molecular weight is 287 g/mol. The van der Waals surface area contributed by atoms with Crippen molar-refractivity contribution in [1.82, 2.24) is 9.97 Å². The van der Waals surface area contributed by atoms with Crippen molar-refractivity contribution in [2.24, 2.45) is 0 Å². The Balaban J connectivity index is 2.29. The second-order valence-electron chi connectivity index (χ2n) is 3.85. The normalized spacial score (nSPS) is 13.2. The topological polar surface area (TPSA) is 48.9 Å². The molecule has 2 aromatic rings. The fraction of sp³-hybridized carbons (Fsp3) is 0.364. The first-order valence-corrected chi connectivity index (χ1v) is 5.87. The molecular formula is C11H12BrFN2O. The maximum atomic E-state index is 13.2. The number of rotatable bonds is 3. The Morgan fingerprint density at radius 3 is 3.00 bits per heavy atom. The molecule has 3 nitrogen and oxygen atoms in total. The van der Waals surface area contributed by atoms with E-state index in [-0.39, 0.29) is 11.9 Å². The maximum Gasteiger partial charge on any atom is 0.139 e. The number of fused-ring (bicyclic) bond motifs is 1. The summed E-state index contributed by atoms with van der Waals surface area (Å²) in [6, 6.07) is 3.06. The van der Waals surface area contributed by atoms with Crippen LogP contribution in [-0.4, -0.2) is 21.2 Å². The third kappa shape index (κ3) is 2.41. The van der Waals surface area contributed by atoms with Crippen LogP contribution in [0.3, 0.4) is 0 Å². The van der Waals surface area contributed by atoms with E-state index in [0.29, 0.717) is 22.8 Å². The lowest BCUT2D eigenvalue weighted by molar-refractivity contribution is 0.184. The van der Waals surface area contributed by atoms with Gasteiger partial charge in [-0.3, -0.25) is 0 Å². The molecule has 0 spiro atoms. The summed E-state index contributed by atoms with van der Waals surface area (Å²) in [5, 5.41) is 9.17. The Morgan fingerprint density at radius 1 is 1.56 bits per heavy atom. The standard InChI is InChI=1S/C11H12BrFN2O/c1-6(16)2-3-11-14-9-4-7(12)8(13)5-10(9)15-11/h4-6,16H,2-3H2,1H3,(H,14,15). The third-order valence-electron chi connectivity index (χ3n) is 2.37. The predicted octanol–water partition coefficient (Wildman–Crippen LogP) is 2.78. The van der Waals surface area contributed by atoms with Crippen LogP contribution in [0.2, 0.25) is 0 Å². The molecule has 86 valence electrons. The molecule has 0 fully saturated rings. The van der Waals surface area contributed by atoms with Gasteiger partial charge in [-0.1, -0.05) is 0 Å². The van der Waals surface area contributed by atoms with Crippen molar-refractivity contribution >= 4 is 27.0 Å². The van der Waals surface area contributed by atoms with Gasteiger partial charge in [-0.25, -0.2) is 9.37 Å². The number of imidazole rings is 1. The van der Waals surface area contributed by atoms with Crippen molar-refractivity contribution in [2.75, 3.05) is 0 Å². The first kappa shape index (κ1) is 11.5. The molecule has 2 N–H and O–H groups in total. The van der Waals surface area contributed by atoms with Crippen LogP contribution in [0.15, 0.2) is 16.6 Å². The van der Waals surface area contributed by atoms with Crippen LogP contribution in [0.1, 0.15) is 19.2 Å². The van der Waals surface area contributed by atoms with E-state index in [1.54, 1.807) is 13.0 Å². The number of nitrogens with zero attached hydrogens (tertiary/aromatic N) is 1. The molecule has 1 heterocycles. The van der Waals surface area contributed by atoms with Gasteiger partial charge in [0.25, 0.3) is 0 Å². The summed E-state index contributed by atoms with van der Waals surface area (Å²) in [5.41, 5.74) is 1.41. The fourth-order valence-corrected chi connectivity index (χ4v) is 1.85. The van der Waals surface area contributed by atoms with Crippen LogP contribution < -0.4 is 0 Å². The molecule has 5 heteroatoms. The van der Waals surface area contributed by atoms with Crippen molar-refractivity contribution in [3.05, 3.63) is 28.2 Å². The lowest BCUT2D eigenvalue weighted by Crippen LogP contribution is -2.02. The Hall–Kier alpha value is -0.940. The summed E-state index contributed by atoms with van der Waals surface area (Å²) in [4.78, 5) is 7.36. The molecule has 1 aromatic carbocycles. The van der Waals surface area contributed by atoms with E-state index in [4.69, 9.17) is 5.11 Å². The van der Waals surface area contributed by atoms with Gasteiger partial charge >= 0.3 is 0 Å². The molecule has 0 aliphatic rings. The second kappa shape index (κ2) is 4.51. The lowest BCUT2D eigenvalue weighted by atomic mass is 10.2. The molecule has 0 saturated heterocycles. The Labute approximate surface area is 101 Å². The minimum Gasteiger partial charge on any atom is -0.393 e. The zero-order valence-electron chi connectivity index (χ0n) is 8.80. The van der Waals surface area contributed by atoms with Gasteiger partial charge < -0.3 is 10.1 Å². The number of aliphatic hydroxyl groups is 1. The molecule has 2 rings (SSSR count). The summed E-state index contributed by atoms with van der Waals surface area (Å²) in [7, 11) is 0. The molecule has 0 amide bonds. The van der Waals surface area contributed by atoms with Crippen molar-refractivity contribution in [3.8, 4) is 0 Å². The zero-order valence-corrected chi connectivity index (χ0v) is 10.4. The second-order valence-corrected chi connectivity index (χ2v) is 4.71. The van der Waals surface area contributed by atoms with Gasteiger partial charge in [-0.15, -0.1) is 0 Å². The summed E-state index contributed by atoms with van der Waals surface area (Å²) in [6.07, 6.45) is 0.950. The van der Waals surface area contributed by atoms with Gasteiger partial charge in [-0.05, 0) is 35.3 Å². The minimum atomic E-state index is -0.350. The fourth-order valence-electron chi connectivity index (χ4n) is 1.52. The van der Waals surface area contributed by atoms with E-state index in [1.807, 2.05) is 0 Å². The number of aromatic nitrogens is 2. The van der Waals surface area contributed by atoms with Gasteiger partial charge in [0.05, 0.1) is 21.6 Å². The number of benzene rings is 1. The van der Waals surface area contributed by atoms with Crippen molar-refractivity contribution in [2.45, 2.75) is 25.9 Å². The van der Waals surface area contributed by atoms with Crippen LogP contribution in [0.4, 0.5) is 4.39 Å². The van der Waals surface area contributed by atoms with E-state index < -0.39 is 0 Å². The van der Waals surface area contributed by atoms with Gasteiger partial charge in [0.2, 0.25) is 0 Å². The molecule has 1 atom stereocenters. The molecule has 1 aromatic heterocycles. The maximum absolute atomic E-state index is 13.2. The van der Waals surface area contributed by atoms with Crippen LogP contribution in [0.5, 0.6) is 0 Å². The zero-order chi connectivity index (χ0) is 11.7. The Bertz CT molecular complexity index is 471. The van der Waals surface area contributed by atoms with E-state index >= 15 is 0 Å². The number of H-pyrrole nitrogens is 1. The summed E-state index contributed by atoms with van der Waals surface area (Å²) >= 11 is 3.12. The first-order valence-electron chi connectivity index (χ1n) is 5.08. The number of hydrogen-bond donors (Lipinski definition) is 2. The Kier molecular flexibility index (Phi) is 3.25. The molecule has 16 heavy (non-hydrogen) atoms. The number of aliphatic hydroxyl groups excluding tert-OH is 1. The SMILES string of the molecule is CC(O)CCc1nc2cc(Br)c(F)cc2[nH]1. The lowest BCUT2D eigenvalue weighted by Gasteiger charge is -1.99. The third-order valence-corrected chi connectivity index (χ3v) is 2.98. The van der Waals surface area contributed by atoms with Gasteiger partial charge in [0.1, 0.15) is 11.6 Å². The largest absolute Gasteiger partial charge is 0.393 e. The van der Waals surface area contributed by atoms with Crippen molar-refractivity contribution in [3.63, 3.8) is 0 Å². The highest BCUT2D eigenvalue weighted by molar-refractivity contribution is 9.10. The monoisotopic (exact) mass is 286 g/mol. The van der Waals surface area contributed by atoms with Gasteiger partial charge in [0.15, 0.2) is 0 Å². The molecule has 0 bridgehead atoms. The average Bonchev–Trinajstić information content (AvgIpc) is 2.58. The predicted molar refractivity (Wildman–Crippen MR) is 63.8 cm³/mol. The van der Waals surface area contributed by atoms with E-state index in [1.165, 1.54) is 6.07 Å². The summed E-state index contributed by atoms with van der Waals surface area (Å²) < 4.78 is 13.6. The summed E-state index contributed by atoms with van der Waals surface area (Å²) in [6.45, 7) is 1.74. The smallest absolute Gasteiger partial charge is 0.139 e. The van der Waals surface area contributed by atoms with Crippen LogP contribution in [-0.2, 0) is 6.42 Å². The molecule has 0 aliphatic carbocycles. The van der Waals surface area contributed by atoms with Gasteiger partial charge in [-0.2, -0.15) is 0 Å². The highest BCUT2D eigenvalue weighted by Gasteiger charge is 2.07. The first-order chi connectivity index (χ1) is 7.56. The number of halogens is 2. The molecule has 0 aliphatic heterocycles. The van der Waals surface area contributed by atoms with E-state index in [0.717, 1.165) is 11.3 Å². The molecule has 1 unspecified atom stereocenters. The van der Waals surface area contributed by atoms with E-state index in [2.05, 4.69) is 25.9 Å². The van der Waals surface area contributed by atoms with Crippen molar-refractivity contribution < 1.29 is 9.50 Å². The van der Waals surface area contributed by atoms with Gasteiger partial charge in [0, 0.05) is 12.5 Å². The summed E-state index contributed by atoms with van der Waals surface area (Å²) in [5.74, 6) is 0.464. The van der Waals surface area contributed by atoms with Crippen LogP contribution in [0, 0.1) is 5.82 Å². The molecule has 0 radical (unpaired) electrons. The molecule has 0 saturated carbocycles. The number of nitrogens with one attached hydrogen (secondary N) is 1. The quantitative estimate of drug-likeness (QED) is 0.912. The van der Waals surface area contributed by atoms with Crippen LogP contribution in [0.25, 0.3) is 11.0 Å². The number of hydrogen-bond acceptors (Lipinski definition) is 2. The number of aryl methyl sites for hydroxylation is 1.